The first-order chi connectivity index (χ1) is 11.8. The summed E-state index contributed by atoms with van der Waals surface area (Å²) in [5.74, 6) is -1.02. The molecular weight excluding hydrogens is 343 g/mol. The van der Waals surface area contributed by atoms with E-state index in [-0.39, 0.29) is 10.5 Å². The number of carbonyl (C=O) groups is 1. The number of halogens is 1. The van der Waals surface area contributed by atoms with Crippen molar-refractivity contribution in [3.8, 4) is 0 Å². The van der Waals surface area contributed by atoms with Gasteiger partial charge in [-0.3, -0.25) is 4.79 Å². The van der Waals surface area contributed by atoms with Gasteiger partial charge in [-0.2, -0.15) is 4.31 Å². The summed E-state index contributed by atoms with van der Waals surface area (Å²) in [6.45, 7) is 5.96. The summed E-state index contributed by atoms with van der Waals surface area (Å²) in [5, 5.41) is 2.61. The summed E-state index contributed by atoms with van der Waals surface area (Å²) in [6, 6.07) is 9.98. The molecule has 134 valence electrons. The van der Waals surface area contributed by atoms with E-state index < -0.39 is 21.7 Å². The van der Waals surface area contributed by atoms with Crippen LogP contribution in [0.5, 0.6) is 0 Å². The quantitative estimate of drug-likeness (QED) is 0.854. The van der Waals surface area contributed by atoms with Crippen LogP contribution in [0.2, 0.25) is 0 Å². The lowest BCUT2D eigenvalue weighted by Gasteiger charge is -2.20. The van der Waals surface area contributed by atoms with E-state index in [1.807, 2.05) is 0 Å². The Labute approximate surface area is 147 Å². The van der Waals surface area contributed by atoms with Gasteiger partial charge in [0.15, 0.2) is 0 Å². The SMILES string of the molecule is CCN(CC)S(=O)(=O)c1cc(NC(=O)c2cccc(F)c2)ccc1C. The van der Waals surface area contributed by atoms with Crippen LogP contribution in [0.4, 0.5) is 10.1 Å². The fraction of sp³-hybridized carbons (Fsp3) is 0.278. The molecule has 0 heterocycles. The molecule has 0 saturated carbocycles. The molecule has 1 N–H and O–H groups in total. The van der Waals surface area contributed by atoms with Crippen molar-refractivity contribution in [3.05, 3.63) is 59.4 Å². The van der Waals surface area contributed by atoms with Gasteiger partial charge in [0.05, 0.1) is 4.90 Å². The van der Waals surface area contributed by atoms with Crippen LogP contribution in [0.15, 0.2) is 47.4 Å². The Morgan fingerprint density at radius 3 is 2.40 bits per heavy atom. The lowest BCUT2D eigenvalue weighted by Crippen LogP contribution is -2.31. The van der Waals surface area contributed by atoms with E-state index in [9.17, 15) is 17.6 Å². The highest BCUT2D eigenvalue weighted by molar-refractivity contribution is 7.89. The molecule has 2 aromatic rings. The third kappa shape index (κ3) is 4.24. The van der Waals surface area contributed by atoms with E-state index in [0.29, 0.717) is 24.3 Å². The number of carbonyl (C=O) groups excluding carboxylic acids is 1. The molecule has 0 bridgehead atoms. The van der Waals surface area contributed by atoms with Gasteiger partial charge in [-0.05, 0) is 42.8 Å². The summed E-state index contributed by atoms with van der Waals surface area (Å²) in [6.07, 6.45) is 0. The standard InChI is InChI=1S/C18H21FN2O3S/c1-4-21(5-2)25(23,24)17-12-16(10-9-13(17)3)20-18(22)14-7-6-8-15(19)11-14/h6-12H,4-5H2,1-3H3,(H,20,22). The molecule has 0 aliphatic carbocycles. The molecule has 25 heavy (non-hydrogen) atoms. The number of amides is 1. The van der Waals surface area contributed by atoms with Gasteiger partial charge in [0.2, 0.25) is 10.0 Å². The van der Waals surface area contributed by atoms with Crippen molar-refractivity contribution in [2.45, 2.75) is 25.7 Å². The summed E-state index contributed by atoms with van der Waals surface area (Å²) >= 11 is 0. The van der Waals surface area contributed by atoms with Crippen molar-refractivity contribution in [1.82, 2.24) is 4.31 Å². The summed E-state index contributed by atoms with van der Waals surface area (Å²) in [7, 11) is -3.64. The maximum Gasteiger partial charge on any atom is 0.255 e. The molecule has 0 aliphatic heterocycles. The van der Waals surface area contributed by atoms with Gasteiger partial charge in [-0.25, -0.2) is 12.8 Å². The number of sulfonamides is 1. The fourth-order valence-electron chi connectivity index (χ4n) is 2.49. The number of nitrogens with one attached hydrogen (secondary N) is 1. The zero-order chi connectivity index (χ0) is 18.6. The second kappa shape index (κ2) is 7.76. The van der Waals surface area contributed by atoms with Gasteiger partial charge in [0, 0.05) is 24.3 Å². The Kier molecular flexibility index (Phi) is 5.92. The highest BCUT2D eigenvalue weighted by Crippen LogP contribution is 2.24. The van der Waals surface area contributed by atoms with Gasteiger partial charge in [0.25, 0.3) is 5.91 Å². The Balaban J connectivity index is 2.34. The number of aryl methyl sites for hydroxylation is 1. The summed E-state index contributed by atoms with van der Waals surface area (Å²) < 4.78 is 40.1. The maximum atomic E-state index is 13.2. The van der Waals surface area contributed by atoms with Crippen LogP contribution in [0, 0.1) is 12.7 Å². The monoisotopic (exact) mass is 364 g/mol. The van der Waals surface area contributed by atoms with Crippen LogP contribution in [-0.4, -0.2) is 31.7 Å². The molecule has 0 unspecified atom stereocenters. The van der Waals surface area contributed by atoms with Crippen molar-refractivity contribution in [2.75, 3.05) is 18.4 Å². The van der Waals surface area contributed by atoms with E-state index in [1.54, 1.807) is 32.9 Å². The lowest BCUT2D eigenvalue weighted by molar-refractivity contribution is 0.102. The maximum absolute atomic E-state index is 13.2. The minimum atomic E-state index is -3.64. The average molecular weight is 364 g/mol. The van der Waals surface area contributed by atoms with Crippen LogP contribution >= 0.6 is 0 Å². The van der Waals surface area contributed by atoms with Crippen molar-refractivity contribution in [1.29, 1.82) is 0 Å². The molecule has 0 fully saturated rings. The second-order valence-corrected chi connectivity index (χ2v) is 7.44. The van der Waals surface area contributed by atoms with Crippen molar-refractivity contribution >= 4 is 21.6 Å². The molecule has 0 atom stereocenters. The fourth-order valence-corrected chi connectivity index (χ4v) is 4.20. The first-order valence-corrected chi connectivity index (χ1v) is 9.41. The summed E-state index contributed by atoms with van der Waals surface area (Å²) in [4.78, 5) is 12.4. The molecule has 2 rings (SSSR count). The van der Waals surface area contributed by atoms with E-state index >= 15 is 0 Å². The molecule has 0 saturated heterocycles. The number of anilines is 1. The molecule has 1 amide bonds. The van der Waals surface area contributed by atoms with E-state index in [4.69, 9.17) is 0 Å². The Bertz CT molecular complexity index is 878. The van der Waals surface area contributed by atoms with Gasteiger partial charge >= 0.3 is 0 Å². The number of rotatable bonds is 6. The summed E-state index contributed by atoms with van der Waals surface area (Å²) in [5.41, 5.74) is 1.09. The lowest BCUT2D eigenvalue weighted by atomic mass is 10.2. The molecule has 7 heteroatoms. The van der Waals surface area contributed by atoms with Crippen molar-refractivity contribution in [2.24, 2.45) is 0 Å². The highest BCUT2D eigenvalue weighted by atomic mass is 32.2. The predicted octanol–water partition coefficient (Wildman–Crippen LogP) is 3.42. The Morgan fingerprint density at radius 2 is 1.80 bits per heavy atom. The highest BCUT2D eigenvalue weighted by Gasteiger charge is 2.24. The van der Waals surface area contributed by atoms with Crippen LogP contribution in [0.3, 0.4) is 0 Å². The number of hydrogen-bond acceptors (Lipinski definition) is 3. The number of nitrogens with zero attached hydrogens (tertiary/aromatic N) is 1. The number of benzene rings is 2. The van der Waals surface area contributed by atoms with Crippen LogP contribution < -0.4 is 5.32 Å². The molecule has 2 aromatic carbocycles. The topological polar surface area (TPSA) is 66.5 Å². The molecule has 0 aliphatic rings. The molecule has 0 aromatic heterocycles. The minimum absolute atomic E-state index is 0.147. The van der Waals surface area contributed by atoms with E-state index in [0.717, 1.165) is 6.07 Å². The van der Waals surface area contributed by atoms with Crippen LogP contribution in [0.1, 0.15) is 29.8 Å². The smallest absolute Gasteiger partial charge is 0.255 e. The van der Waals surface area contributed by atoms with Gasteiger partial charge < -0.3 is 5.32 Å². The first kappa shape index (κ1) is 19.1. The second-order valence-electron chi connectivity index (χ2n) is 5.53. The van der Waals surface area contributed by atoms with Crippen molar-refractivity contribution < 1.29 is 17.6 Å². The van der Waals surface area contributed by atoms with E-state index in [2.05, 4.69) is 5.32 Å². The molecule has 0 radical (unpaired) electrons. The first-order valence-electron chi connectivity index (χ1n) is 7.97. The largest absolute Gasteiger partial charge is 0.322 e. The third-order valence-electron chi connectivity index (χ3n) is 3.86. The van der Waals surface area contributed by atoms with Gasteiger partial charge in [-0.1, -0.05) is 26.0 Å². The molecular formula is C18H21FN2O3S. The normalized spacial score (nSPS) is 11.6. The van der Waals surface area contributed by atoms with E-state index in [1.165, 1.54) is 28.6 Å². The van der Waals surface area contributed by atoms with Gasteiger partial charge in [0.1, 0.15) is 5.82 Å². The minimum Gasteiger partial charge on any atom is -0.322 e. The van der Waals surface area contributed by atoms with Crippen LogP contribution in [0.25, 0.3) is 0 Å². The van der Waals surface area contributed by atoms with Crippen molar-refractivity contribution in [3.63, 3.8) is 0 Å². The zero-order valence-electron chi connectivity index (χ0n) is 14.4. The average Bonchev–Trinajstić information content (AvgIpc) is 2.57. The predicted molar refractivity (Wildman–Crippen MR) is 95.6 cm³/mol. The van der Waals surface area contributed by atoms with Crippen LogP contribution in [-0.2, 0) is 10.0 Å². The number of hydrogen-bond donors (Lipinski definition) is 1. The third-order valence-corrected chi connectivity index (χ3v) is 6.05. The Morgan fingerprint density at radius 1 is 1.12 bits per heavy atom. The van der Waals surface area contributed by atoms with Gasteiger partial charge in [-0.15, -0.1) is 0 Å². The zero-order valence-corrected chi connectivity index (χ0v) is 15.2. The Hall–Kier alpha value is -2.25. The molecule has 0 spiro atoms. The molecule has 5 nitrogen and oxygen atoms in total.